The molecule has 1 aliphatic rings. The van der Waals surface area contributed by atoms with Gasteiger partial charge in [0.25, 0.3) is 0 Å². The van der Waals surface area contributed by atoms with Crippen molar-refractivity contribution in [1.82, 2.24) is 10.2 Å². The van der Waals surface area contributed by atoms with Crippen LogP contribution in [0.15, 0.2) is 12.3 Å². The lowest BCUT2D eigenvalue weighted by Crippen LogP contribution is -1.84. The molecule has 0 spiro atoms. The highest BCUT2D eigenvalue weighted by Gasteiger charge is 2.13. The van der Waals surface area contributed by atoms with Crippen molar-refractivity contribution < 1.29 is 9.78 Å². The van der Waals surface area contributed by atoms with Gasteiger partial charge in [0, 0.05) is 6.07 Å². The zero-order valence-electron chi connectivity index (χ0n) is 4.57. The Bertz CT molecular complexity index is 203. The monoisotopic (exact) mass is 124 g/mol. The first kappa shape index (κ1) is 4.69. The molecule has 1 aromatic heterocycles. The molecule has 4 heteroatoms. The van der Waals surface area contributed by atoms with E-state index in [0.29, 0.717) is 12.4 Å². The molecule has 9 heavy (non-hydrogen) atoms. The minimum absolute atomic E-state index is 0.406. The van der Waals surface area contributed by atoms with Crippen LogP contribution >= 0.6 is 0 Å². The van der Waals surface area contributed by atoms with Crippen LogP contribution in [0.3, 0.4) is 0 Å². The van der Waals surface area contributed by atoms with Gasteiger partial charge in [-0.2, -0.15) is 9.99 Å². The molecule has 0 aliphatic carbocycles. The Labute approximate surface area is 51.4 Å². The molecule has 0 N–H and O–H groups in total. The summed E-state index contributed by atoms with van der Waals surface area (Å²) in [7, 11) is 0. The molecule has 0 saturated carbocycles. The lowest BCUT2D eigenvalue weighted by Gasteiger charge is -1.88. The minimum atomic E-state index is 0.406. The van der Waals surface area contributed by atoms with Crippen LogP contribution in [0.1, 0.15) is 5.69 Å². The van der Waals surface area contributed by atoms with Gasteiger partial charge in [-0.15, -0.1) is 5.10 Å². The van der Waals surface area contributed by atoms with E-state index in [1.807, 2.05) is 0 Å². The minimum Gasteiger partial charge on any atom is -0.335 e. The molecule has 0 bridgehead atoms. The van der Waals surface area contributed by atoms with E-state index in [1.165, 1.54) is 0 Å². The maximum absolute atomic E-state index is 4.70. The number of aromatic nitrogens is 2. The summed E-state index contributed by atoms with van der Waals surface area (Å²) in [6.07, 6.45) is 1.56. The fraction of sp³-hybridized carbons (Fsp3) is 0.200. The first-order valence-electron chi connectivity index (χ1n) is 2.57. The second-order valence-corrected chi connectivity index (χ2v) is 1.69. The zero-order chi connectivity index (χ0) is 6.10. The molecule has 2 rings (SSSR count). The molecule has 0 amide bonds. The number of hydrogen-bond donors (Lipinski definition) is 0. The number of fused-ring (bicyclic) bond motifs is 1. The van der Waals surface area contributed by atoms with Crippen LogP contribution in [0, 0.1) is 0 Å². The standard InChI is InChI=1S/C5H4N2O2/c1-2-6-7-4-3-8-9-5(1)4/h1-2H,3H2. The molecule has 0 aromatic carbocycles. The Hall–Kier alpha value is -1.16. The topological polar surface area (TPSA) is 44.2 Å². The van der Waals surface area contributed by atoms with E-state index in [9.17, 15) is 0 Å². The average molecular weight is 124 g/mol. The summed E-state index contributed by atoms with van der Waals surface area (Å²) in [5.74, 6) is 0.671. The molecule has 1 aliphatic heterocycles. The van der Waals surface area contributed by atoms with Crippen LogP contribution in [0.25, 0.3) is 0 Å². The predicted molar refractivity (Wildman–Crippen MR) is 27.4 cm³/mol. The molecule has 0 radical (unpaired) electrons. The van der Waals surface area contributed by atoms with E-state index in [4.69, 9.17) is 4.89 Å². The highest BCUT2D eigenvalue weighted by Crippen LogP contribution is 2.20. The lowest BCUT2D eigenvalue weighted by molar-refractivity contribution is -0.194. The zero-order valence-corrected chi connectivity index (χ0v) is 4.57. The summed E-state index contributed by atoms with van der Waals surface area (Å²) in [6.45, 7) is 0.406. The van der Waals surface area contributed by atoms with Crippen LogP contribution < -0.4 is 4.89 Å². The van der Waals surface area contributed by atoms with Crippen LogP contribution in [0.5, 0.6) is 5.75 Å². The first-order chi connectivity index (χ1) is 4.47. The highest BCUT2D eigenvalue weighted by molar-refractivity contribution is 5.24. The average Bonchev–Trinajstić information content (AvgIpc) is 2.33. The Morgan fingerprint density at radius 2 is 2.56 bits per heavy atom. The van der Waals surface area contributed by atoms with E-state index in [2.05, 4.69) is 15.1 Å². The SMILES string of the molecule is c1cc2c(nn1)COO2. The van der Waals surface area contributed by atoms with Gasteiger partial charge in [0.05, 0.1) is 6.20 Å². The summed E-state index contributed by atoms with van der Waals surface area (Å²) < 4.78 is 0. The number of nitrogens with zero attached hydrogens (tertiary/aromatic N) is 2. The smallest absolute Gasteiger partial charge is 0.192 e. The van der Waals surface area contributed by atoms with E-state index in [1.54, 1.807) is 12.3 Å². The molecule has 46 valence electrons. The molecule has 0 saturated heterocycles. The number of rotatable bonds is 0. The Kier molecular flexibility index (Phi) is 0.868. The maximum atomic E-state index is 4.70. The van der Waals surface area contributed by atoms with E-state index < -0.39 is 0 Å². The van der Waals surface area contributed by atoms with Gasteiger partial charge in [0.1, 0.15) is 12.3 Å². The third-order valence-corrected chi connectivity index (χ3v) is 1.10. The van der Waals surface area contributed by atoms with Gasteiger partial charge in [-0.1, -0.05) is 0 Å². The largest absolute Gasteiger partial charge is 0.335 e. The van der Waals surface area contributed by atoms with Gasteiger partial charge in [-0.05, 0) is 0 Å². The molecule has 4 nitrogen and oxygen atoms in total. The fourth-order valence-corrected chi connectivity index (χ4v) is 0.674. The Morgan fingerprint density at radius 1 is 1.56 bits per heavy atom. The van der Waals surface area contributed by atoms with Gasteiger partial charge in [-0.25, -0.2) is 0 Å². The van der Waals surface area contributed by atoms with Crippen molar-refractivity contribution in [1.29, 1.82) is 0 Å². The van der Waals surface area contributed by atoms with E-state index in [-0.39, 0.29) is 0 Å². The quantitative estimate of drug-likeness (QED) is 0.466. The normalized spacial score (nSPS) is 14.7. The molecule has 0 unspecified atom stereocenters. The van der Waals surface area contributed by atoms with Crippen LogP contribution in [-0.2, 0) is 11.5 Å². The van der Waals surface area contributed by atoms with Crippen molar-refractivity contribution in [2.24, 2.45) is 0 Å². The van der Waals surface area contributed by atoms with Crippen molar-refractivity contribution >= 4 is 0 Å². The summed E-state index contributed by atoms with van der Waals surface area (Å²) >= 11 is 0. The summed E-state index contributed by atoms with van der Waals surface area (Å²) in [6, 6.07) is 1.72. The van der Waals surface area contributed by atoms with Gasteiger partial charge in [-0.3, -0.25) is 0 Å². The van der Waals surface area contributed by atoms with Crippen LogP contribution in [-0.4, -0.2) is 10.2 Å². The maximum Gasteiger partial charge on any atom is 0.192 e. The molecule has 0 fully saturated rings. The van der Waals surface area contributed by atoms with Crippen LogP contribution in [0.2, 0.25) is 0 Å². The molecular formula is C5H4N2O2. The first-order valence-corrected chi connectivity index (χ1v) is 2.57. The lowest BCUT2D eigenvalue weighted by atomic mass is 10.4. The summed E-state index contributed by atoms with van der Waals surface area (Å²) in [4.78, 5) is 9.31. The second kappa shape index (κ2) is 1.66. The molecule has 1 aromatic rings. The molecule has 2 heterocycles. The summed E-state index contributed by atoms with van der Waals surface area (Å²) in [5, 5.41) is 7.41. The van der Waals surface area contributed by atoms with E-state index in [0.717, 1.165) is 5.69 Å². The van der Waals surface area contributed by atoms with Crippen molar-refractivity contribution in [2.45, 2.75) is 6.61 Å². The number of hydrogen-bond acceptors (Lipinski definition) is 4. The van der Waals surface area contributed by atoms with Crippen molar-refractivity contribution in [2.75, 3.05) is 0 Å². The Morgan fingerprint density at radius 3 is 3.44 bits per heavy atom. The van der Waals surface area contributed by atoms with Gasteiger partial charge in [0.15, 0.2) is 5.75 Å². The third kappa shape index (κ3) is 0.639. The van der Waals surface area contributed by atoms with Crippen molar-refractivity contribution in [3.05, 3.63) is 18.0 Å². The van der Waals surface area contributed by atoms with Gasteiger partial charge < -0.3 is 4.89 Å². The summed E-state index contributed by atoms with van der Waals surface area (Å²) in [5.41, 5.74) is 0.762. The van der Waals surface area contributed by atoms with Crippen molar-refractivity contribution in [3.63, 3.8) is 0 Å². The van der Waals surface area contributed by atoms with Gasteiger partial charge in [0.2, 0.25) is 0 Å². The van der Waals surface area contributed by atoms with Gasteiger partial charge >= 0.3 is 0 Å². The fourth-order valence-electron chi connectivity index (χ4n) is 0.674. The Balaban J connectivity index is 2.54. The van der Waals surface area contributed by atoms with Crippen LogP contribution in [0.4, 0.5) is 0 Å². The predicted octanol–water partition coefficient (Wildman–Crippen LogP) is 0.301. The van der Waals surface area contributed by atoms with E-state index >= 15 is 0 Å². The molecular weight excluding hydrogens is 120 g/mol. The molecule has 0 atom stereocenters. The van der Waals surface area contributed by atoms with Crippen molar-refractivity contribution in [3.8, 4) is 5.75 Å². The highest BCUT2D eigenvalue weighted by atomic mass is 17.2. The second-order valence-electron chi connectivity index (χ2n) is 1.69. The third-order valence-electron chi connectivity index (χ3n) is 1.10.